The Morgan fingerprint density at radius 1 is 1.19 bits per heavy atom. The molecule has 1 N–H and O–H groups in total. The number of hydrogen-bond donors (Lipinski definition) is 1. The van der Waals surface area contributed by atoms with Crippen LogP contribution in [0.25, 0.3) is 0 Å². The summed E-state index contributed by atoms with van der Waals surface area (Å²) < 4.78 is 11.1. The number of nitrogens with one attached hydrogen (secondary N) is 1. The molecule has 2 aromatic carbocycles. The summed E-state index contributed by atoms with van der Waals surface area (Å²) in [5.41, 5.74) is 1.58. The van der Waals surface area contributed by atoms with Crippen LogP contribution in [0.15, 0.2) is 36.4 Å². The van der Waals surface area contributed by atoms with Gasteiger partial charge in [0.25, 0.3) is 11.8 Å². The minimum atomic E-state index is -0.534. The average molecular weight is 443 g/mol. The lowest BCUT2D eigenvalue weighted by Crippen LogP contribution is -2.35. The van der Waals surface area contributed by atoms with Gasteiger partial charge in [-0.05, 0) is 43.0 Å². The molecule has 0 radical (unpaired) electrons. The second-order valence-corrected chi connectivity index (χ2v) is 9.09. The molecule has 0 fully saturated rings. The zero-order valence-corrected chi connectivity index (χ0v) is 18.9. The highest BCUT2D eigenvalue weighted by molar-refractivity contribution is 8.13. The van der Waals surface area contributed by atoms with Crippen molar-refractivity contribution in [1.82, 2.24) is 4.90 Å². The molecule has 2 atom stereocenters. The first-order valence-electron chi connectivity index (χ1n) is 9.79. The molecule has 1 aliphatic heterocycles. The maximum atomic E-state index is 13.4. The Labute approximate surface area is 184 Å². The summed E-state index contributed by atoms with van der Waals surface area (Å²) >= 11 is 0. The van der Waals surface area contributed by atoms with E-state index in [4.69, 9.17) is 9.47 Å². The summed E-state index contributed by atoms with van der Waals surface area (Å²) in [6.45, 7) is 3.68. The molecule has 164 valence electrons. The summed E-state index contributed by atoms with van der Waals surface area (Å²) in [6, 6.07) is 9.75. The number of imide groups is 1. The molecular weight excluding hydrogens is 416 g/mol. The van der Waals surface area contributed by atoms with Crippen LogP contribution >= 0.6 is 10.5 Å². The van der Waals surface area contributed by atoms with E-state index >= 15 is 0 Å². The van der Waals surface area contributed by atoms with E-state index in [2.05, 4.69) is 11.2 Å². The van der Waals surface area contributed by atoms with Gasteiger partial charge in [-0.1, -0.05) is 18.0 Å². The zero-order valence-electron chi connectivity index (χ0n) is 18.1. The highest BCUT2D eigenvalue weighted by Crippen LogP contribution is 2.39. The van der Waals surface area contributed by atoms with Crippen molar-refractivity contribution in [2.24, 2.45) is 0 Å². The average Bonchev–Trinajstić information content (AvgIpc) is 2.97. The molecule has 0 saturated carbocycles. The highest BCUT2D eigenvalue weighted by Gasteiger charge is 2.42. The lowest BCUT2D eigenvalue weighted by Gasteiger charge is -2.28. The number of methoxy groups -OCH3 is 1. The number of fused-ring (bicyclic) bond motifs is 1. The molecule has 7 nitrogen and oxygen atoms in total. The van der Waals surface area contributed by atoms with Crippen LogP contribution < -0.4 is 14.8 Å². The third-order valence-corrected chi connectivity index (χ3v) is 5.77. The molecule has 31 heavy (non-hydrogen) atoms. The van der Waals surface area contributed by atoms with E-state index in [-0.39, 0.29) is 27.5 Å². The molecule has 2 unspecified atom stereocenters. The summed E-state index contributed by atoms with van der Waals surface area (Å²) in [6.07, 6.45) is 1.96. The van der Waals surface area contributed by atoms with Crippen molar-refractivity contribution in [3.63, 3.8) is 0 Å². The normalized spacial score (nSPS) is 14.8. The van der Waals surface area contributed by atoms with Gasteiger partial charge in [0.1, 0.15) is 0 Å². The lowest BCUT2D eigenvalue weighted by molar-refractivity contribution is -0.114. The Balaban J connectivity index is 2.09. The van der Waals surface area contributed by atoms with E-state index in [1.165, 1.54) is 11.8 Å². The maximum absolute atomic E-state index is 13.4. The second kappa shape index (κ2) is 9.34. The fourth-order valence-corrected chi connectivity index (χ4v) is 4.52. The largest absolute Gasteiger partial charge is 0.493 e. The van der Waals surface area contributed by atoms with E-state index < -0.39 is 17.9 Å². The van der Waals surface area contributed by atoms with Gasteiger partial charge >= 0.3 is 0 Å². The molecule has 8 heteroatoms. The third kappa shape index (κ3) is 4.49. The summed E-state index contributed by atoms with van der Waals surface area (Å²) in [7, 11) is 1.25. The number of amides is 3. The van der Waals surface area contributed by atoms with Crippen molar-refractivity contribution in [3.05, 3.63) is 53.1 Å². The van der Waals surface area contributed by atoms with Crippen LogP contribution in [0, 0.1) is 0 Å². The van der Waals surface area contributed by atoms with Crippen molar-refractivity contribution in [1.29, 1.82) is 0 Å². The van der Waals surface area contributed by atoms with Crippen LogP contribution in [0.5, 0.6) is 11.5 Å². The Morgan fingerprint density at radius 2 is 1.94 bits per heavy atom. The first-order valence-corrected chi connectivity index (χ1v) is 11.8. The van der Waals surface area contributed by atoms with E-state index in [9.17, 15) is 14.4 Å². The Hall–Kier alpha value is -3.13. The van der Waals surface area contributed by atoms with Crippen molar-refractivity contribution in [3.8, 4) is 11.5 Å². The number of rotatable bonds is 8. The summed E-state index contributed by atoms with van der Waals surface area (Å²) in [5, 5.41) is 2.65. The quantitative estimate of drug-likeness (QED) is 0.498. The molecule has 0 aliphatic carbocycles. The van der Waals surface area contributed by atoms with Crippen LogP contribution in [0.1, 0.15) is 46.2 Å². The van der Waals surface area contributed by atoms with Gasteiger partial charge in [0, 0.05) is 12.7 Å². The van der Waals surface area contributed by atoms with E-state index in [0.29, 0.717) is 29.5 Å². The summed E-state index contributed by atoms with van der Waals surface area (Å²) in [5.74, 6) is 4.57. The van der Waals surface area contributed by atoms with Crippen LogP contribution in [-0.2, 0) is 4.79 Å². The maximum Gasteiger partial charge on any atom is 0.264 e. The zero-order chi connectivity index (χ0) is 22.7. The lowest BCUT2D eigenvalue weighted by atomic mass is 10.1. The summed E-state index contributed by atoms with van der Waals surface area (Å²) in [4.78, 5) is 39.6. The second-order valence-electron chi connectivity index (χ2n) is 7.20. The topological polar surface area (TPSA) is 84.9 Å². The molecule has 3 amide bonds. The first kappa shape index (κ1) is 22.6. The predicted octanol–water partition coefficient (Wildman–Crippen LogP) is 3.72. The molecule has 0 saturated heterocycles. The molecule has 2 aromatic rings. The van der Waals surface area contributed by atoms with Crippen LogP contribution in [0.2, 0.25) is 0 Å². The highest BCUT2D eigenvalue weighted by atomic mass is 32.2. The predicted molar refractivity (Wildman–Crippen MR) is 124 cm³/mol. The number of ether oxygens (including phenoxy) is 2. The van der Waals surface area contributed by atoms with E-state index in [0.717, 1.165) is 5.56 Å². The standard InChI is InChI=1S/C23H26N2O5S/c1-6-30-20-12-15(10-11-19(20)29-3)18(13-31(4)5)25-22(27)16-8-7-9-17(24-14(2)26)21(16)23(25)28/h7-12,18H,4,6,13H2,1-3,5H3,(H,24,26). The molecule has 0 aromatic heterocycles. The first-order chi connectivity index (χ1) is 14.8. The smallest absolute Gasteiger partial charge is 0.264 e. The third-order valence-electron chi connectivity index (χ3n) is 4.88. The number of carbonyl (C=O) groups excluding carboxylic acids is 3. The van der Waals surface area contributed by atoms with Gasteiger partial charge in [-0.15, -0.1) is 0 Å². The SMILES string of the molecule is C=S(C)CC(c1ccc(OC)c(OCC)c1)N1C(=O)c2cccc(NC(C)=O)c2C1=O. The molecule has 1 heterocycles. The fourth-order valence-electron chi connectivity index (χ4n) is 3.64. The minimum Gasteiger partial charge on any atom is -0.493 e. The number of nitrogens with zero attached hydrogens (tertiary/aromatic N) is 1. The van der Waals surface area contributed by atoms with Crippen molar-refractivity contribution < 1.29 is 23.9 Å². The number of anilines is 1. The molecule has 3 rings (SSSR count). The molecular formula is C23H26N2O5S. The van der Waals surface area contributed by atoms with Crippen molar-refractivity contribution in [2.75, 3.05) is 31.0 Å². The van der Waals surface area contributed by atoms with Gasteiger partial charge in [0.05, 0.1) is 36.6 Å². The fraction of sp³-hybridized carbons (Fsp3) is 0.304. The minimum absolute atomic E-state index is 0.214. The van der Waals surface area contributed by atoms with Gasteiger partial charge in [-0.25, -0.2) is 0 Å². The van der Waals surface area contributed by atoms with E-state index in [1.807, 2.05) is 19.2 Å². The Bertz CT molecular complexity index is 1070. The van der Waals surface area contributed by atoms with E-state index in [1.54, 1.807) is 37.4 Å². The van der Waals surface area contributed by atoms with Gasteiger partial charge in [0.2, 0.25) is 5.91 Å². The molecule has 1 aliphatic rings. The van der Waals surface area contributed by atoms with Crippen LogP contribution in [0.4, 0.5) is 5.69 Å². The van der Waals surface area contributed by atoms with Crippen LogP contribution in [0.3, 0.4) is 0 Å². The molecule has 0 spiro atoms. The van der Waals surface area contributed by atoms with Gasteiger partial charge < -0.3 is 14.8 Å². The van der Waals surface area contributed by atoms with Gasteiger partial charge in [-0.3, -0.25) is 19.3 Å². The van der Waals surface area contributed by atoms with Gasteiger partial charge in [0.15, 0.2) is 11.5 Å². The Kier molecular flexibility index (Phi) is 6.80. The Morgan fingerprint density at radius 3 is 2.55 bits per heavy atom. The monoisotopic (exact) mass is 442 g/mol. The van der Waals surface area contributed by atoms with Gasteiger partial charge in [-0.2, -0.15) is 10.5 Å². The molecule has 0 bridgehead atoms. The number of carbonyl (C=O) groups is 3. The van der Waals surface area contributed by atoms with Crippen molar-refractivity contribution in [2.45, 2.75) is 19.9 Å². The van der Waals surface area contributed by atoms with Crippen LogP contribution in [-0.4, -0.2) is 54.2 Å². The number of hydrogen-bond acceptors (Lipinski definition) is 5. The number of benzene rings is 2. The van der Waals surface area contributed by atoms with Crippen molar-refractivity contribution >= 4 is 39.8 Å².